The van der Waals surface area contributed by atoms with E-state index in [4.69, 9.17) is 119 Å². The Morgan fingerprint density at radius 1 is 0.508 bits per heavy atom. The number of hydrogen-bond donors (Lipinski definition) is 4. The quantitative estimate of drug-likeness (QED) is 0.0158. The number of hydrogen-bond acceptors (Lipinski definition) is 13. The van der Waals surface area contributed by atoms with Gasteiger partial charge >= 0.3 is 29.6 Å². The molecule has 0 atom stereocenters. The molecule has 14 nitrogen and oxygen atoms in total. The number of benzene rings is 8. The minimum atomic E-state index is -4.02. The van der Waals surface area contributed by atoms with Crippen LogP contribution in [-0.2, 0) is 68.7 Å². The number of aldehydes is 1. The number of aromatic hydroxyl groups is 2. The van der Waals surface area contributed by atoms with E-state index < -0.39 is 28.7 Å². The van der Waals surface area contributed by atoms with Crippen molar-refractivity contribution in [2.45, 2.75) is 310 Å². The van der Waals surface area contributed by atoms with Crippen LogP contribution in [0.2, 0.25) is 0 Å². The number of aryl methyl sites for hydroxylation is 1. The molecule has 0 spiro atoms. The number of methoxy groups -OCH3 is 1. The van der Waals surface area contributed by atoms with Crippen LogP contribution >= 0.6 is 103 Å². The summed E-state index contributed by atoms with van der Waals surface area (Å²) in [6, 6.07) is 46.8. The smallest absolute Gasteiger partial charge is 1.00 e. The Morgan fingerprint density at radius 2 is 0.833 bits per heavy atom. The fourth-order valence-electron chi connectivity index (χ4n) is 12.8. The average Bonchev–Trinajstić information content (AvgIpc) is 1.64. The number of aliphatic hydroxyl groups is 1. The standard InChI is InChI=1S/C14H19ClO.C14H20O2.C14H18O2.3C13H18O.C9H12O.C7H8O3S.C4H7Cl.C2H4Cl2O.CHCl3.CH4.B.Cl2OS.Na.H2.H/c3*1-9(2)10-5-11-7-14(3,4)16-13(11)12(6-10)8-15;1-9(2)10-5-6-12-11(7-10)8-13(3,4)14-12;1-10(2)9-14-13-7-5-12(6-8-13)11(3)4;1-9(2)7-12-8-11(10(3)4)5-6-13(12)14;1-7(2)8-3-5-9(10)6-4-8;1-6-2-4-7(5-3-6)11(8,9)10;1-4(2)3-5;1-5-2(3)4;2-1(3)4;;;1-4(2)3;;;/h5-6,9H,7-8H2,1-4H3;5-6,9,15H,7-8H2,1-4H3;5-6,8-9H,7H2,1-4H3;5-7,9H,8H2,1-4H3;5-8,11H,1,9H2,2-4H3;5-6,8,10,14H,1,7H2,2-4H3;3-7,10H,1-2H3;2-5H,1H3,(H,8,9,10);1,3H2,2H3;2H,1H3;1H;1H4;;;;1H;/q;;;;;;;;;;;;;;+1;;-1/i;;;;;;;;;;;;;;;1+1;. The van der Waals surface area contributed by atoms with Crippen molar-refractivity contribution in [2.24, 2.45) is 0 Å². The maximum atomic E-state index is 11.1. The molecule has 8 aromatic rings. The molecule has 12 rings (SSSR count). The Labute approximate surface area is 867 Å². The molecular formula is C105H150BCl9NaO14S2. The molecule has 0 bridgehead atoms. The van der Waals surface area contributed by atoms with Crippen molar-refractivity contribution in [1.29, 1.82) is 0 Å². The van der Waals surface area contributed by atoms with E-state index in [1.54, 1.807) is 30.3 Å². The number of phenolic OH excluding ortho intramolecular Hbond substituents is 2. The van der Waals surface area contributed by atoms with E-state index >= 15 is 0 Å². The van der Waals surface area contributed by atoms with Gasteiger partial charge in [0.15, 0.2) is 10.6 Å². The van der Waals surface area contributed by atoms with Gasteiger partial charge < -0.3 is 45.2 Å². The maximum Gasteiger partial charge on any atom is 1.00 e. The molecule has 27 heteroatoms. The Hall–Kier alpha value is -5.10. The van der Waals surface area contributed by atoms with E-state index in [-0.39, 0.29) is 82.2 Å². The molecule has 0 aromatic heterocycles. The predicted octanol–water partition coefficient (Wildman–Crippen LogP) is 29.1. The van der Waals surface area contributed by atoms with Crippen molar-refractivity contribution >= 4 is 137 Å². The second kappa shape index (κ2) is 63.5. The molecule has 0 aliphatic carbocycles. The van der Waals surface area contributed by atoms with Gasteiger partial charge in [-0.2, -0.15) is 8.42 Å². The molecule has 4 N–H and O–H groups in total. The molecule has 3 radical (unpaired) electrons. The number of fused-ring (bicyclic) bond motifs is 4. The first-order valence-electron chi connectivity index (χ1n) is 42.9. The second-order valence-corrected chi connectivity index (χ2v) is 44.2. The largest absolute Gasteiger partial charge is 1.00 e. The van der Waals surface area contributed by atoms with Gasteiger partial charge in [0.1, 0.15) is 69.3 Å². The Kier molecular flexibility index (Phi) is 63.0. The van der Waals surface area contributed by atoms with Crippen LogP contribution in [0.25, 0.3) is 0 Å². The average molecular weight is 2050 g/mol. The van der Waals surface area contributed by atoms with Gasteiger partial charge in [-0.1, -0.05) is 284 Å². The van der Waals surface area contributed by atoms with Crippen LogP contribution in [0.4, 0.5) is 0 Å². The number of ether oxygens (including phenoxy) is 6. The van der Waals surface area contributed by atoms with Crippen molar-refractivity contribution in [3.05, 3.63) is 271 Å². The second-order valence-electron chi connectivity index (χ2n) is 36.7. The van der Waals surface area contributed by atoms with Crippen LogP contribution in [0.3, 0.4) is 0 Å². The topological polar surface area (TPSA) is 205 Å². The SMILES string of the molecule is C.C=C(C)CCl.C=C(C)COc1ccc(C(C)C)cc1.C=C(C)Cc1cc(C(C)C)ccc1O.CC(C)c1cc(C=O)c2c(c1)CC(C)(C)O2.CC(C)c1cc(CCl)c2c(c1)CC(C)(C)O2.CC(C)c1cc(CO)c2c(c1)CC(C)(C)O2.CC(C)c1ccc(O)cc1.CC(C)c1ccc2c(c1)CC(C)(C)O2.COC(Cl)Cl.Cc1ccc(S(=O)(=O)O)cc1.ClC(Cl)Cl.O=S(Cl)Cl.[2HH].[B].[H-].[Na+]. The van der Waals surface area contributed by atoms with Gasteiger partial charge in [-0.25, -0.2) is 4.21 Å². The fourth-order valence-corrected chi connectivity index (χ4v) is 13.5. The van der Waals surface area contributed by atoms with Gasteiger partial charge in [0.25, 0.3) is 10.1 Å². The third-order valence-corrected chi connectivity index (χ3v) is 21.5. The number of halogens is 9. The van der Waals surface area contributed by atoms with E-state index in [0.717, 1.165) is 106 Å². The van der Waals surface area contributed by atoms with Crippen molar-refractivity contribution in [3.8, 4) is 40.2 Å². The number of aliphatic hydroxyl groups excluding tert-OH is 1. The monoisotopic (exact) mass is 2050 g/mol. The predicted molar refractivity (Wildman–Crippen MR) is 566 cm³/mol. The van der Waals surface area contributed by atoms with Crippen molar-refractivity contribution in [1.82, 2.24) is 0 Å². The first kappa shape index (κ1) is 131. The van der Waals surface area contributed by atoms with Gasteiger partial charge in [-0.05, 0) is 264 Å². The van der Waals surface area contributed by atoms with Gasteiger partial charge in [-0.15, -0.1) is 23.2 Å². The normalized spacial score (nSPS) is 13.3. The van der Waals surface area contributed by atoms with E-state index in [0.29, 0.717) is 76.9 Å². The Morgan fingerprint density at radius 3 is 1.19 bits per heavy atom. The summed E-state index contributed by atoms with van der Waals surface area (Å²) in [4.78, 5) is 11.0. The first-order chi connectivity index (χ1) is 59.6. The van der Waals surface area contributed by atoms with Crippen LogP contribution < -0.4 is 53.2 Å². The minimum Gasteiger partial charge on any atom is -1.00 e. The van der Waals surface area contributed by atoms with Crippen LogP contribution in [0.15, 0.2) is 187 Å². The molecule has 0 saturated carbocycles. The summed E-state index contributed by atoms with van der Waals surface area (Å²) < 4.78 is 71.2. The number of rotatable bonds is 18. The minimum absolute atomic E-state index is 0. The third-order valence-electron chi connectivity index (χ3n) is 19.5. The molecule has 132 heavy (non-hydrogen) atoms. The molecule has 0 saturated heterocycles. The van der Waals surface area contributed by atoms with E-state index in [2.05, 4.69) is 265 Å². The zero-order valence-electron chi connectivity index (χ0n) is 83.3. The number of carbonyl (C=O) groups excluding carboxylic acids is 1. The Bertz CT molecular complexity index is 4850. The molecule has 4 aliphatic heterocycles. The number of phenols is 2. The molecular weight excluding hydrogens is 1900 g/mol. The fraction of sp³-hybridized carbons (Fsp3) is 0.476. The summed E-state index contributed by atoms with van der Waals surface area (Å²) in [6.07, 6.45) is 5.47. The molecule has 4 aliphatic rings. The van der Waals surface area contributed by atoms with E-state index in [1.165, 1.54) is 80.4 Å². The molecule has 0 amide bonds. The molecule has 8 aromatic carbocycles. The summed E-state index contributed by atoms with van der Waals surface area (Å²) in [5.41, 5.74) is 21.6. The summed E-state index contributed by atoms with van der Waals surface area (Å²) in [5.74, 6) is 10.2. The van der Waals surface area contributed by atoms with Crippen LogP contribution in [0, 0.1) is 6.92 Å². The molecule has 733 valence electrons. The maximum absolute atomic E-state index is 11.1. The summed E-state index contributed by atoms with van der Waals surface area (Å²) in [7, 11) is 4.77. The van der Waals surface area contributed by atoms with Crippen LogP contribution in [0.1, 0.15) is 319 Å². The van der Waals surface area contributed by atoms with E-state index in [9.17, 15) is 23.4 Å². The zero-order valence-corrected chi connectivity index (χ0v) is 92.7. The Balaban J connectivity index is -0.000000460. The first-order valence-corrected chi connectivity index (χ1v) is 50.4. The van der Waals surface area contributed by atoms with Gasteiger partial charge in [0.2, 0.25) is 14.2 Å². The number of allylic oxidation sites excluding steroid dienone is 2. The molecule has 0 fully saturated rings. The molecule has 0 unspecified atom stereocenters. The number of alkyl halides is 7. The van der Waals surface area contributed by atoms with Crippen LogP contribution in [0.5, 0.6) is 40.2 Å². The van der Waals surface area contributed by atoms with Crippen LogP contribution in [-0.4, -0.2) is 98.5 Å². The number of carbonyl (C=O) groups is 1. The van der Waals surface area contributed by atoms with Crippen molar-refractivity contribution in [2.75, 3.05) is 19.6 Å². The summed E-state index contributed by atoms with van der Waals surface area (Å²) >= 11 is 35.7. The van der Waals surface area contributed by atoms with Gasteiger partial charge in [-0.3, -0.25) is 9.35 Å². The third kappa shape index (κ3) is 52.1. The summed E-state index contributed by atoms with van der Waals surface area (Å²) in [5, 5.41) is 27.3. The molecule has 4 heterocycles. The zero-order chi connectivity index (χ0) is 99.1. The van der Waals surface area contributed by atoms with Crippen molar-refractivity contribution in [3.63, 3.8) is 0 Å². The summed E-state index contributed by atoms with van der Waals surface area (Å²) in [6.45, 7) is 66.7. The van der Waals surface area contributed by atoms with Gasteiger partial charge in [0, 0.05) is 81.0 Å². The van der Waals surface area contributed by atoms with E-state index in [1.807, 2.05) is 64.1 Å². The van der Waals surface area contributed by atoms with Crippen molar-refractivity contribution < 1.29 is 98.1 Å². The van der Waals surface area contributed by atoms with Gasteiger partial charge in [0.05, 0.1) is 22.9 Å².